The average molecular weight is 358 g/mol. The Morgan fingerprint density at radius 1 is 0.706 bits per heavy atom. The second-order valence-electron chi connectivity index (χ2n) is 3.75. The SMILES string of the molecule is CC(C)I.P.c1ccc(-c2ccccc2)cc1. The van der Waals surface area contributed by atoms with Crippen LogP contribution in [0.5, 0.6) is 0 Å². The van der Waals surface area contributed by atoms with Gasteiger partial charge in [0.1, 0.15) is 0 Å². The van der Waals surface area contributed by atoms with Gasteiger partial charge < -0.3 is 0 Å². The molecule has 1 atom stereocenters. The number of rotatable bonds is 1. The van der Waals surface area contributed by atoms with E-state index < -0.39 is 0 Å². The lowest BCUT2D eigenvalue weighted by atomic mass is 10.1. The highest BCUT2D eigenvalue weighted by Gasteiger charge is 1.91. The maximum Gasteiger partial charge on any atom is 0.00530 e. The first-order valence-electron chi connectivity index (χ1n) is 5.44. The van der Waals surface area contributed by atoms with Gasteiger partial charge in [0, 0.05) is 3.92 Å². The molecular formula is C15H20IP. The van der Waals surface area contributed by atoms with Gasteiger partial charge in [-0.2, -0.15) is 9.90 Å². The van der Waals surface area contributed by atoms with E-state index in [0.29, 0.717) is 0 Å². The highest BCUT2D eigenvalue weighted by atomic mass is 127. The summed E-state index contributed by atoms with van der Waals surface area (Å²) in [6, 6.07) is 20.8. The van der Waals surface area contributed by atoms with Crippen LogP contribution >= 0.6 is 32.5 Å². The molecular weight excluding hydrogens is 338 g/mol. The molecule has 0 nitrogen and oxygen atoms in total. The van der Waals surface area contributed by atoms with Crippen molar-refractivity contribution in [3.63, 3.8) is 0 Å². The molecule has 1 unspecified atom stereocenters. The Balaban J connectivity index is 0.000000453. The van der Waals surface area contributed by atoms with Crippen molar-refractivity contribution < 1.29 is 0 Å². The minimum Gasteiger partial charge on any atom is -0.153 e. The first kappa shape index (κ1) is 16.6. The Bertz CT molecular complexity index is 344. The van der Waals surface area contributed by atoms with E-state index >= 15 is 0 Å². The van der Waals surface area contributed by atoms with E-state index in [2.05, 4.69) is 85.0 Å². The number of hydrogen-bond acceptors (Lipinski definition) is 0. The molecule has 0 aliphatic heterocycles. The van der Waals surface area contributed by atoms with Gasteiger partial charge in [-0.15, -0.1) is 0 Å². The fourth-order valence-corrected chi connectivity index (χ4v) is 1.26. The van der Waals surface area contributed by atoms with E-state index in [-0.39, 0.29) is 9.90 Å². The summed E-state index contributed by atoms with van der Waals surface area (Å²) in [7, 11) is 0. The second kappa shape index (κ2) is 9.61. The molecule has 2 aromatic rings. The first-order valence-corrected chi connectivity index (χ1v) is 6.69. The number of benzene rings is 2. The van der Waals surface area contributed by atoms with Crippen molar-refractivity contribution in [1.82, 2.24) is 0 Å². The predicted octanol–water partition coefficient (Wildman–Crippen LogP) is 5.24. The third-order valence-electron chi connectivity index (χ3n) is 1.88. The Hall–Kier alpha value is -0.400. The van der Waals surface area contributed by atoms with Gasteiger partial charge >= 0.3 is 0 Å². The zero-order valence-electron chi connectivity index (χ0n) is 10.4. The molecule has 0 N–H and O–H groups in total. The Morgan fingerprint density at radius 2 is 0.941 bits per heavy atom. The Labute approximate surface area is 122 Å². The molecule has 0 aliphatic carbocycles. The second-order valence-corrected chi connectivity index (χ2v) is 6.24. The highest BCUT2D eigenvalue weighted by molar-refractivity contribution is 14.1. The Kier molecular flexibility index (Phi) is 9.39. The minimum atomic E-state index is 0. The van der Waals surface area contributed by atoms with E-state index in [4.69, 9.17) is 0 Å². The van der Waals surface area contributed by atoms with Crippen molar-refractivity contribution in [1.29, 1.82) is 0 Å². The fourth-order valence-electron chi connectivity index (χ4n) is 1.26. The van der Waals surface area contributed by atoms with Crippen molar-refractivity contribution in [3.05, 3.63) is 60.7 Å². The maximum atomic E-state index is 2.34. The molecule has 0 radical (unpaired) electrons. The topological polar surface area (TPSA) is 0 Å². The van der Waals surface area contributed by atoms with Crippen LogP contribution in [0.25, 0.3) is 11.1 Å². The summed E-state index contributed by atoms with van der Waals surface area (Å²) in [4.78, 5) is 0. The van der Waals surface area contributed by atoms with Crippen LogP contribution in [0.1, 0.15) is 13.8 Å². The smallest absolute Gasteiger partial charge is 0.00530 e. The van der Waals surface area contributed by atoms with E-state index in [1.165, 1.54) is 11.1 Å². The highest BCUT2D eigenvalue weighted by Crippen LogP contribution is 2.17. The molecule has 2 aromatic carbocycles. The van der Waals surface area contributed by atoms with E-state index in [1.54, 1.807) is 0 Å². The molecule has 0 spiro atoms. The standard InChI is InChI=1S/C12H10.C3H7I.H3P/c1-3-7-11(8-4-1)12-9-5-2-6-10-12;1-3(2)4;/h1-10H;3H,1-2H3;1H3. The molecule has 0 bridgehead atoms. The van der Waals surface area contributed by atoms with Crippen LogP contribution in [0.2, 0.25) is 0 Å². The van der Waals surface area contributed by atoms with E-state index in [9.17, 15) is 0 Å². The summed E-state index contributed by atoms with van der Waals surface area (Å²) >= 11 is 2.34. The third-order valence-corrected chi connectivity index (χ3v) is 1.88. The number of alkyl halides is 1. The van der Waals surface area contributed by atoms with Crippen molar-refractivity contribution >= 4 is 32.5 Å². The van der Waals surface area contributed by atoms with E-state index in [0.717, 1.165) is 3.92 Å². The summed E-state index contributed by atoms with van der Waals surface area (Å²) in [5, 5.41) is 0. The minimum absolute atomic E-state index is 0. The van der Waals surface area contributed by atoms with Crippen LogP contribution < -0.4 is 0 Å². The summed E-state index contributed by atoms with van der Waals surface area (Å²) in [5.41, 5.74) is 2.55. The monoisotopic (exact) mass is 358 g/mol. The van der Waals surface area contributed by atoms with Crippen LogP contribution in [0, 0.1) is 0 Å². The van der Waals surface area contributed by atoms with Crippen LogP contribution in [0.4, 0.5) is 0 Å². The fraction of sp³-hybridized carbons (Fsp3) is 0.200. The maximum absolute atomic E-state index is 2.34. The molecule has 0 heterocycles. The van der Waals surface area contributed by atoms with Crippen LogP contribution in [-0.2, 0) is 0 Å². The van der Waals surface area contributed by atoms with Gasteiger partial charge in [-0.05, 0) is 11.1 Å². The first-order chi connectivity index (χ1) is 7.70. The molecule has 0 aromatic heterocycles. The zero-order chi connectivity index (χ0) is 11.8. The van der Waals surface area contributed by atoms with E-state index in [1.807, 2.05) is 12.1 Å². The number of hydrogen-bond donors (Lipinski definition) is 0. The molecule has 0 aliphatic rings. The largest absolute Gasteiger partial charge is 0.153 e. The van der Waals surface area contributed by atoms with Crippen molar-refractivity contribution in [3.8, 4) is 11.1 Å². The molecule has 0 saturated heterocycles. The molecule has 17 heavy (non-hydrogen) atoms. The van der Waals surface area contributed by atoms with Crippen molar-refractivity contribution in [2.45, 2.75) is 17.8 Å². The summed E-state index contributed by atoms with van der Waals surface area (Å²) in [6.07, 6.45) is 0. The van der Waals surface area contributed by atoms with Crippen LogP contribution in [0.15, 0.2) is 60.7 Å². The molecule has 0 fully saturated rings. The lowest BCUT2D eigenvalue weighted by Gasteiger charge is -1.98. The quantitative estimate of drug-likeness (QED) is 0.372. The van der Waals surface area contributed by atoms with Crippen LogP contribution in [-0.4, -0.2) is 3.92 Å². The van der Waals surface area contributed by atoms with Gasteiger partial charge in [0.05, 0.1) is 0 Å². The molecule has 2 heteroatoms. The summed E-state index contributed by atoms with van der Waals surface area (Å²) in [6.45, 7) is 4.31. The summed E-state index contributed by atoms with van der Waals surface area (Å²) < 4.78 is 0.803. The van der Waals surface area contributed by atoms with Gasteiger partial charge in [-0.25, -0.2) is 0 Å². The van der Waals surface area contributed by atoms with Gasteiger partial charge in [-0.1, -0.05) is 97.1 Å². The van der Waals surface area contributed by atoms with Crippen LogP contribution in [0.3, 0.4) is 0 Å². The molecule has 0 saturated carbocycles. The molecule has 0 amide bonds. The Morgan fingerprint density at radius 3 is 1.18 bits per heavy atom. The lowest BCUT2D eigenvalue weighted by Crippen LogP contribution is -1.73. The normalized spacial score (nSPS) is 8.94. The van der Waals surface area contributed by atoms with Gasteiger partial charge in [0.2, 0.25) is 0 Å². The average Bonchev–Trinajstić information content (AvgIpc) is 2.31. The molecule has 2 rings (SSSR count). The third kappa shape index (κ3) is 7.51. The van der Waals surface area contributed by atoms with Crippen molar-refractivity contribution in [2.75, 3.05) is 0 Å². The summed E-state index contributed by atoms with van der Waals surface area (Å²) in [5.74, 6) is 0. The van der Waals surface area contributed by atoms with Gasteiger partial charge in [0.25, 0.3) is 0 Å². The lowest BCUT2D eigenvalue weighted by molar-refractivity contribution is 1.16. The zero-order valence-corrected chi connectivity index (χ0v) is 14.0. The number of halogens is 1. The van der Waals surface area contributed by atoms with Gasteiger partial charge in [0.15, 0.2) is 0 Å². The van der Waals surface area contributed by atoms with Gasteiger partial charge in [-0.3, -0.25) is 0 Å². The predicted molar refractivity (Wildman–Crippen MR) is 92.1 cm³/mol. The van der Waals surface area contributed by atoms with Crippen molar-refractivity contribution in [2.24, 2.45) is 0 Å². The molecule has 92 valence electrons.